The molecule has 0 aromatic heterocycles. The molecule has 1 aliphatic rings. The minimum atomic E-state index is 0.0681. The van der Waals surface area contributed by atoms with Gasteiger partial charge in [0.05, 0.1) is 0 Å². The summed E-state index contributed by atoms with van der Waals surface area (Å²) in [6.07, 6.45) is 3.44. The molecule has 27 heavy (non-hydrogen) atoms. The van der Waals surface area contributed by atoms with Crippen LogP contribution in [0.1, 0.15) is 51.5 Å². The maximum Gasteiger partial charge on any atom is 0.222 e. The molecule has 1 aliphatic heterocycles. The topological polar surface area (TPSA) is 52.7 Å². The maximum absolute atomic E-state index is 12.1. The summed E-state index contributed by atoms with van der Waals surface area (Å²) >= 11 is 5.93. The van der Waals surface area contributed by atoms with E-state index in [0.29, 0.717) is 19.3 Å². The number of benzene rings is 1. The summed E-state index contributed by atoms with van der Waals surface area (Å²) in [6, 6.07) is 8.23. The molecule has 1 saturated heterocycles. The minimum absolute atomic E-state index is 0.0681. The van der Waals surface area contributed by atoms with Crippen molar-refractivity contribution in [2.24, 2.45) is 0 Å². The van der Waals surface area contributed by atoms with E-state index in [1.54, 1.807) is 0 Å². The number of hydrogen-bond donors (Lipinski definition) is 1. The van der Waals surface area contributed by atoms with Crippen LogP contribution < -0.4 is 5.32 Å². The minimum Gasteiger partial charge on any atom is -0.353 e. The van der Waals surface area contributed by atoms with Crippen molar-refractivity contribution in [3.63, 3.8) is 0 Å². The molecule has 0 unspecified atom stereocenters. The van der Waals surface area contributed by atoms with E-state index < -0.39 is 0 Å². The van der Waals surface area contributed by atoms with Crippen molar-refractivity contribution < 1.29 is 9.59 Å². The number of carbonyl (C=O) groups excluding carboxylic acids is 2. The van der Waals surface area contributed by atoms with E-state index >= 15 is 0 Å². The summed E-state index contributed by atoms with van der Waals surface area (Å²) in [5.74, 6) is 0.210. The zero-order valence-corrected chi connectivity index (χ0v) is 17.3. The Kier molecular flexibility index (Phi) is 9.08. The van der Waals surface area contributed by atoms with Crippen molar-refractivity contribution in [3.05, 3.63) is 34.9 Å². The molecule has 0 bridgehead atoms. The average Bonchev–Trinajstić information content (AvgIpc) is 2.66. The maximum atomic E-state index is 12.1. The van der Waals surface area contributed by atoms with Gasteiger partial charge in [0.15, 0.2) is 0 Å². The molecular formula is C21H32ClN3O2. The average molecular weight is 394 g/mol. The molecule has 1 fully saturated rings. The summed E-state index contributed by atoms with van der Waals surface area (Å²) in [7, 11) is 0. The lowest BCUT2D eigenvalue weighted by atomic mass is 10.0. The van der Waals surface area contributed by atoms with E-state index in [2.05, 4.69) is 22.3 Å². The number of nitrogens with zero attached hydrogens (tertiary/aromatic N) is 2. The van der Waals surface area contributed by atoms with Gasteiger partial charge in [0.1, 0.15) is 0 Å². The second kappa shape index (κ2) is 11.3. The fraction of sp³-hybridized carbons (Fsp3) is 0.619. The van der Waals surface area contributed by atoms with Crippen LogP contribution in [0.2, 0.25) is 5.02 Å². The molecule has 150 valence electrons. The second-order valence-corrected chi connectivity index (χ2v) is 7.60. The Balaban J connectivity index is 1.62. The molecule has 0 saturated carbocycles. The Hall–Kier alpha value is -1.59. The number of likely N-dealkylation sites (tertiary alicyclic amines) is 1. The molecule has 0 radical (unpaired) electrons. The molecular weight excluding hydrogens is 362 g/mol. The van der Waals surface area contributed by atoms with Gasteiger partial charge in [-0.05, 0) is 50.8 Å². The van der Waals surface area contributed by atoms with Crippen LogP contribution in [0.25, 0.3) is 0 Å². The first kappa shape index (κ1) is 21.7. The SMILES string of the molecule is CCN(CC)C(=O)CCCC(=O)NC1CCN(Cc2ccc(Cl)cc2)CC1. The first-order chi connectivity index (χ1) is 13.0. The number of rotatable bonds is 9. The Morgan fingerprint density at radius 2 is 1.74 bits per heavy atom. The van der Waals surface area contributed by atoms with Crippen LogP contribution in [0.5, 0.6) is 0 Å². The van der Waals surface area contributed by atoms with E-state index in [-0.39, 0.29) is 17.9 Å². The predicted molar refractivity (Wildman–Crippen MR) is 110 cm³/mol. The van der Waals surface area contributed by atoms with Gasteiger partial charge in [0, 0.05) is 56.6 Å². The number of hydrogen-bond acceptors (Lipinski definition) is 3. The van der Waals surface area contributed by atoms with Gasteiger partial charge < -0.3 is 10.2 Å². The molecule has 1 N–H and O–H groups in total. The summed E-state index contributed by atoms with van der Waals surface area (Å²) in [5, 5.41) is 3.90. The van der Waals surface area contributed by atoms with Crippen LogP contribution in [0.15, 0.2) is 24.3 Å². The highest BCUT2D eigenvalue weighted by atomic mass is 35.5. The predicted octanol–water partition coefficient (Wildman–Crippen LogP) is 3.46. The molecule has 1 aromatic carbocycles. The molecule has 2 amide bonds. The first-order valence-electron chi connectivity index (χ1n) is 10.1. The zero-order valence-electron chi connectivity index (χ0n) is 16.5. The first-order valence-corrected chi connectivity index (χ1v) is 10.4. The number of nitrogens with one attached hydrogen (secondary N) is 1. The highest BCUT2D eigenvalue weighted by Gasteiger charge is 2.20. The molecule has 1 aromatic rings. The van der Waals surface area contributed by atoms with Gasteiger partial charge in [0.2, 0.25) is 11.8 Å². The third kappa shape index (κ3) is 7.51. The number of amides is 2. The molecule has 5 nitrogen and oxygen atoms in total. The second-order valence-electron chi connectivity index (χ2n) is 7.16. The van der Waals surface area contributed by atoms with Crippen molar-refractivity contribution in [1.29, 1.82) is 0 Å². The monoisotopic (exact) mass is 393 g/mol. The molecule has 0 aliphatic carbocycles. The smallest absolute Gasteiger partial charge is 0.222 e. The van der Waals surface area contributed by atoms with Crippen LogP contribution in [-0.4, -0.2) is 53.8 Å². The Morgan fingerprint density at radius 3 is 2.33 bits per heavy atom. The lowest BCUT2D eigenvalue weighted by molar-refractivity contribution is -0.131. The largest absolute Gasteiger partial charge is 0.353 e. The van der Waals surface area contributed by atoms with Crippen molar-refractivity contribution in [2.45, 2.75) is 58.5 Å². The molecule has 6 heteroatoms. The highest BCUT2D eigenvalue weighted by molar-refractivity contribution is 6.30. The summed E-state index contributed by atoms with van der Waals surface area (Å²) < 4.78 is 0. The number of carbonyl (C=O) groups is 2. The van der Waals surface area contributed by atoms with Gasteiger partial charge in [-0.2, -0.15) is 0 Å². The van der Waals surface area contributed by atoms with Crippen LogP contribution >= 0.6 is 11.6 Å². The van der Waals surface area contributed by atoms with Crippen molar-refractivity contribution in [2.75, 3.05) is 26.2 Å². The van der Waals surface area contributed by atoms with Crippen molar-refractivity contribution in [3.8, 4) is 0 Å². The molecule has 1 heterocycles. The number of halogens is 1. The summed E-state index contributed by atoms with van der Waals surface area (Å²) in [6.45, 7) is 8.31. The van der Waals surface area contributed by atoms with E-state index in [1.165, 1.54) is 5.56 Å². The fourth-order valence-corrected chi connectivity index (χ4v) is 3.64. The third-order valence-electron chi connectivity index (χ3n) is 5.18. The van der Waals surface area contributed by atoms with Gasteiger partial charge >= 0.3 is 0 Å². The van der Waals surface area contributed by atoms with E-state index in [1.807, 2.05) is 30.9 Å². The standard InChI is InChI=1S/C21H32ClN3O2/c1-3-25(4-2)21(27)7-5-6-20(26)23-19-12-14-24(15-13-19)16-17-8-10-18(22)11-9-17/h8-11,19H,3-7,12-16H2,1-2H3,(H,23,26). The third-order valence-corrected chi connectivity index (χ3v) is 5.43. The van der Waals surface area contributed by atoms with Gasteiger partial charge in [0.25, 0.3) is 0 Å². The van der Waals surface area contributed by atoms with Gasteiger partial charge in [-0.25, -0.2) is 0 Å². The van der Waals surface area contributed by atoms with Crippen molar-refractivity contribution in [1.82, 2.24) is 15.1 Å². The van der Waals surface area contributed by atoms with Crippen LogP contribution in [0.3, 0.4) is 0 Å². The molecule has 0 atom stereocenters. The Bertz CT molecular complexity index is 594. The number of piperidine rings is 1. The van der Waals surface area contributed by atoms with Crippen molar-refractivity contribution >= 4 is 23.4 Å². The lowest BCUT2D eigenvalue weighted by Gasteiger charge is -2.32. The summed E-state index contributed by atoms with van der Waals surface area (Å²) in [4.78, 5) is 28.3. The van der Waals surface area contributed by atoms with Gasteiger partial charge in [-0.15, -0.1) is 0 Å². The summed E-state index contributed by atoms with van der Waals surface area (Å²) in [5.41, 5.74) is 1.26. The fourth-order valence-electron chi connectivity index (χ4n) is 3.52. The van der Waals surface area contributed by atoms with E-state index in [9.17, 15) is 9.59 Å². The van der Waals surface area contributed by atoms with Crippen LogP contribution in [0.4, 0.5) is 0 Å². The highest BCUT2D eigenvalue weighted by Crippen LogP contribution is 2.16. The quantitative estimate of drug-likeness (QED) is 0.699. The lowest BCUT2D eigenvalue weighted by Crippen LogP contribution is -2.44. The van der Waals surface area contributed by atoms with Crippen LogP contribution in [0, 0.1) is 0 Å². The van der Waals surface area contributed by atoms with E-state index in [4.69, 9.17) is 11.6 Å². The Labute approximate surface area is 168 Å². The van der Waals surface area contributed by atoms with Gasteiger partial charge in [-0.1, -0.05) is 23.7 Å². The zero-order chi connectivity index (χ0) is 19.6. The van der Waals surface area contributed by atoms with Gasteiger partial charge in [-0.3, -0.25) is 14.5 Å². The van der Waals surface area contributed by atoms with Crippen LogP contribution in [-0.2, 0) is 16.1 Å². The molecule has 0 spiro atoms. The normalized spacial score (nSPS) is 15.5. The van der Waals surface area contributed by atoms with E-state index in [0.717, 1.165) is 50.6 Å². The Morgan fingerprint density at radius 1 is 1.11 bits per heavy atom. The molecule has 2 rings (SSSR count).